The van der Waals surface area contributed by atoms with Gasteiger partial charge in [0, 0.05) is 24.4 Å². The van der Waals surface area contributed by atoms with Gasteiger partial charge in [-0.2, -0.15) is 11.3 Å². The minimum absolute atomic E-state index is 0.269. The Kier molecular flexibility index (Phi) is 8.03. The molecule has 3 aromatic rings. The van der Waals surface area contributed by atoms with E-state index < -0.39 is 0 Å². The molecule has 0 fully saturated rings. The molecule has 1 atom stereocenters. The normalized spacial score (nSPS) is 14.1. The molecule has 0 saturated carbocycles. The molecule has 1 unspecified atom stereocenters. The Morgan fingerprint density at radius 3 is 2.62 bits per heavy atom. The molecule has 1 aliphatic heterocycles. The average molecular weight is 478 g/mol. The van der Waals surface area contributed by atoms with E-state index in [2.05, 4.69) is 46.8 Å². The van der Waals surface area contributed by atoms with Gasteiger partial charge in [0.05, 0.1) is 13.7 Å². The van der Waals surface area contributed by atoms with Crippen molar-refractivity contribution >= 4 is 29.1 Å². The van der Waals surface area contributed by atoms with E-state index in [9.17, 15) is 4.79 Å². The second kappa shape index (κ2) is 11.4. The van der Waals surface area contributed by atoms with Gasteiger partial charge in [-0.05, 0) is 89.2 Å². The zero-order chi connectivity index (χ0) is 23.9. The molecule has 2 heterocycles. The molecule has 1 aromatic heterocycles. The molecule has 0 saturated heterocycles. The van der Waals surface area contributed by atoms with Gasteiger partial charge in [0.15, 0.2) is 6.29 Å². The fourth-order valence-corrected chi connectivity index (χ4v) is 4.73. The molecule has 2 aromatic carbocycles. The van der Waals surface area contributed by atoms with Gasteiger partial charge in [-0.3, -0.25) is 0 Å². The second-order valence-electron chi connectivity index (χ2n) is 8.32. The van der Waals surface area contributed by atoms with Crippen LogP contribution in [0.25, 0.3) is 17.2 Å². The summed E-state index contributed by atoms with van der Waals surface area (Å²) in [5, 5.41) is 4.27. The van der Waals surface area contributed by atoms with Crippen molar-refractivity contribution < 1.29 is 19.0 Å². The van der Waals surface area contributed by atoms with Crippen molar-refractivity contribution in [1.29, 1.82) is 0 Å². The maximum Gasteiger partial charge on any atom is 0.333 e. The van der Waals surface area contributed by atoms with Crippen LogP contribution in [-0.4, -0.2) is 32.5 Å². The number of hydrogen-bond donors (Lipinski definition) is 0. The number of esters is 1. The van der Waals surface area contributed by atoms with Crippen LogP contribution in [-0.2, 0) is 20.8 Å². The number of ether oxygens (including phenoxy) is 3. The minimum Gasteiger partial charge on any atom is -0.466 e. The number of nitrogens with zero attached hydrogens (tertiary/aromatic N) is 1. The summed E-state index contributed by atoms with van der Waals surface area (Å²) in [4.78, 5) is 14.7. The van der Waals surface area contributed by atoms with Gasteiger partial charge in [-0.1, -0.05) is 25.1 Å². The number of fused-ring (bicyclic) bond motifs is 1. The van der Waals surface area contributed by atoms with Crippen LogP contribution >= 0.6 is 11.3 Å². The molecule has 1 aliphatic rings. The molecule has 0 radical (unpaired) electrons. The van der Waals surface area contributed by atoms with Gasteiger partial charge in [-0.25, -0.2) is 4.79 Å². The summed E-state index contributed by atoms with van der Waals surface area (Å²) in [6.45, 7) is 6.23. The molecule has 6 heteroatoms. The van der Waals surface area contributed by atoms with E-state index in [4.69, 9.17) is 14.2 Å². The van der Waals surface area contributed by atoms with Crippen molar-refractivity contribution in [2.24, 2.45) is 0 Å². The summed E-state index contributed by atoms with van der Waals surface area (Å²) in [7, 11) is 1.44. The van der Waals surface area contributed by atoms with Gasteiger partial charge in [0.25, 0.3) is 0 Å². The molecule has 4 rings (SSSR count). The highest BCUT2D eigenvalue weighted by atomic mass is 32.1. The van der Waals surface area contributed by atoms with Gasteiger partial charge in [0.1, 0.15) is 5.75 Å². The zero-order valence-electron chi connectivity index (χ0n) is 20.0. The number of carbonyl (C=O) groups excluding carboxylic acids is 1. The van der Waals surface area contributed by atoms with Crippen molar-refractivity contribution in [3.8, 4) is 16.9 Å². The Balaban J connectivity index is 1.60. The molecule has 0 N–H and O–H groups in total. The first-order valence-corrected chi connectivity index (χ1v) is 12.6. The lowest BCUT2D eigenvalue weighted by Crippen LogP contribution is -2.24. The summed E-state index contributed by atoms with van der Waals surface area (Å²) in [5.74, 6) is 0.506. The average Bonchev–Trinajstić information content (AvgIpc) is 3.30. The Hall–Kier alpha value is -3.09. The highest BCUT2D eigenvalue weighted by Crippen LogP contribution is 2.34. The molecule has 178 valence electrons. The predicted octanol–water partition coefficient (Wildman–Crippen LogP) is 6.53. The zero-order valence-corrected chi connectivity index (χ0v) is 20.8. The van der Waals surface area contributed by atoms with Gasteiger partial charge < -0.3 is 19.1 Å². The third kappa shape index (κ3) is 5.88. The molecule has 0 amide bonds. The fourth-order valence-electron chi connectivity index (χ4n) is 4.07. The van der Waals surface area contributed by atoms with Crippen molar-refractivity contribution in [2.75, 3.05) is 25.2 Å². The summed E-state index contributed by atoms with van der Waals surface area (Å²) < 4.78 is 16.5. The van der Waals surface area contributed by atoms with Crippen LogP contribution in [0.1, 0.15) is 37.8 Å². The topological polar surface area (TPSA) is 48.0 Å². The van der Waals surface area contributed by atoms with E-state index in [1.165, 1.54) is 12.7 Å². The lowest BCUT2D eigenvalue weighted by Gasteiger charge is -2.25. The first-order valence-electron chi connectivity index (χ1n) is 11.6. The van der Waals surface area contributed by atoms with E-state index in [1.54, 1.807) is 11.3 Å². The van der Waals surface area contributed by atoms with Crippen molar-refractivity contribution in [1.82, 2.24) is 0 Å². The van der Waals surface area contributed by atoms with Crippen LogP contribution in [0.5, 0.6) is 5.75 Å². The number of carbonyl (C=O) groups is 1. The first kappa shape index (κ1) is 24.0. The number of hydrogen-bond acceptors (Lipinski definition) is 6. The summed E-state index contributed by atoms with van der Waals surface area (Å²) in [6.07, 6.45) is 3.30. The maximum absolute atomic E-state index is 12.4. The van der Waals surface area contributed by atoms with Gasteiger partial charge >= 0.3 is 5.97 Å². The van der Waals surface area contributed by atoms with Crippen molar-refractivity contribution in [3.63, 3.8) is 0 Å². The molecule has 0 aliphatic carbocycles. The predicted molar refractivity (Wildman–Crippen MR) is 138 cm³/mol. The Bertz CT molecular complexity index is 1120. The lowest BCUT2D eigenvalue weighted by atomic mass is 10.00. The maximum atomic E-state index is 12.4. The second-order valence-corrected chi connectivity index (χ2v) is 9.10. The fraction of sp³-hybridized carbons (Fsp3) is 0.321. The van der Waals surface area contributed by atoms with Crippen LogP contribution in [0.2, 0.25) is 0 Å². The summed E-state index contributed by atoms with van der Waals surface area (Å²) >= 11 is 1.70. The number of rotatable bonds is 9. The first-order chi connectivity index (χ1) is 16.6. The Morgan fingerprint density at radius 2 is 1.91 bits per heavy atom. The third-order valence-corrected chi connectivity index (χ3v) is 6.53. The summed E-state index contributed by atoms with van der Waals surface area (Å²) in [5.41, 5.74) is 6.27. The molecular formula is C28H31NO4S. The van der Waals surface area contributed by atoms with E-state index >= 15 is 0 Å². The van der Waals surface area contributed by atoms with E-state index in [1.807, 2.05) is 37.3 Å². The number of benzene rings is 2. The molecule has 0 spiro atoms. The largest absolute Gasteiger partial charge is 0.466 e. The van der Waals surface area contributed by atoms with Crippen LogP contribution < -0.4 is 9.64 Å². The van der Waals surface area contributed by atoms with Crippen LogP contribution in [0.3, 0.4) is 0 Å². The summed E-state index contributed by atoms with van der Waals surface area (Å²) in [6, 6.07) is 16.6. The highest BCUT2D eigenvalue weighted by molar-refractivity contribution is 7.07. The number of thiophene rings is 1. The SMILES string of the molecule is CCCOC(C)Oc1ccc(-c2ccc3c(c2)C=C(C(=O)OC)CCN3Cc2ccsc2)cc1. The van der Waals surface area contributed by atoms with Crippen LogP contribution in [0.15, 0.2) is 64.9 Å². The van der Waals surface area contributed by atoms with Crippen molar-refractivity contribution in [2.45, 2.75) is 39.5 Å². The number of methoxy groups -OCH3 is 1. The molecule has 34 heavy (non-hydrogen) atoms. The Morgan fingerprint density at radius 1 is 1.12 bits per heavy atom. The van der Waals surface area contributed by atoms with Gasteiger partial charge in [-0.15, -0.1) is 0 Å². The number of anilines is 1. The molecule has 0 bridgehead atoms. The third-order valence-electron chi connectivity index (χ3n) is 5.80. The van der Waals surface area contributed by atoms with Crippen LogP contribution in [0.4, 0.5) is 5.69 Å². The standard InChI is InChI=1S/C28H31NO4S/c1-4-14-32-20(2)33-26-8-5-22(6-9-26)23-7-10-27-25(16-23)17-24(28(30)31-3)11-13-29(27)18-21-12-15-34-19-21/h5-10,12,15-17,19-20H,4,11,13-14,18H2,1-3H3. The highest BCUT2D eigenvalue weighted by Gasteiger charge is 2.21. The quantitative estimate of drug-likeness (QED) is 0.259. The Labute approximate surface area is 205 Å². The molecular weight excluding hydrogens is 446 g/mol. The minimum atomic E-state index is -0.283. The monoisotopic (exact) mass is 477 g/mol. The van der Waals surface area contributed by atoms with Gasteiger partial charge in [0.2, 0.25) is 0 Å². The smallest absolute Gasteiger partial charge is 0.333 e. The molecule has 5 nitrogen and oxygen atoms in total. The van der Waals surface area contributed by atoms with E-state index in [-0.39, 0.29) is 12.3 Å². The van der Waals surface area contributed by atoms with E-state index in [0.717, 1.165) is 47.6 Å². The lowest BCUT2D eigenvalue weighted by molar-refractivity contribution is -0.136. The van der Waals surface area contributed by atoms with E-state index in [0.29, 0.717) is 18.6 Å². The van der Waals surface area contributed by atoms with Crippen LogP contribution in [0, 0.1) is 0 Å². The van der Waals surface area contributed by atoms with Crippen molar-refractivity contribution in [3.05, 3.63) is 76.0 Å².